The molecule has 1 N–H and O–H groups in total. The number of hydrogen-bond donors (Lipinski definition) is 1. The minimum Gasteiger partial charge on any atom is -0.493 e. The molecule has 0 unspecified atom stereocenters. The minimum atomic E-state index is -0.519. The number of carbonyl (C=O) groups is 1. The number of para-hydroxylation sites is 1. The van der Waals surface area contributed by atoms with Crippen LogP contribution in [0.5, 0.6) is 5.88 Å². The van der Waals surface area contributed by atoms with Gasteiger partial charge in [-0.15, -0.1) is 0 Å². The van der Waals surface area contributed by atoms with E-state index in [1.807, 2.05) is 42.5 Å². The van der Waals surface area contributed by atoms with E-state index in [9.17, 15) is 14.7 Å². The summed E-state index contributed by atoms with van der Waals surface area (Å²) in [5.41, 5.74) is 3.05. The Morgan fingerprint density at radius 3 is 2.44 bits per heavy atom. The lowest BCUT2D eigenvalue weighted by molar-refractivity contribution is -0.0242. The van der Waals surface area contributed by atoms with Crippen LogP contribution in [0.25, 0.3) is 27.8 Å². The smallest absolute Gasteiger partial charge is 0.342 e. The van der Waals surface area contributed by atoms with E-state index in [1.165, 1.54) is 16.8 Å². The van der Waals surface area contributed by atoms with Crippen LogP contribution in [0.2, 0.25) is 0 Å². The van der Waals surface area contributed by atoms with Crippen LogP contribution in [0, 0.1) is 4.77 Å². The molecule has 0 bridgehead atoms. The molecule has 0 saturated carbocycles. The van der Waals surface area contributed by atoms with Crippen LogP contribution < -0.4 is 9.91 Å². The number of quaternary nitrogens is 1. The highest BCUT2D eigenvalue weighted by Crippen LogP contribution is 2.33. The van der Waals surface area contributed by atoms with Gasteiger partial charge in [0, 0.05) is 12.6 Å². The van der Waals surface area contributed by atoms with Crippen LogP contribution in [-0.2, 0) is 16.5 Å². The number of aryl methyl sites for hydroxylation is 1. The lowest BCUT2D eigenvalue weighted by Gasteiger charge is -2.37. The van der Waals surface area contributed by atoms with Gasteiger partial charge in [-0.2, -0.15) is 0 Å². The monoisotopic (exact) mass is 570 g/mol. The molecule has 1 aliphatic rings. The van der Waals surface area contributed by atoms with E-state index < -0.39 is 5.97 Å². The Labute approximate surface area is 240 Å². The van der Waals surface area contributed by atoms with E-state index in [0.717, 1.165) is 11.1 Å². The molecule has 10 heteroatoms. The Bertz CT molecular complexity index is 1850. The average molecular weight is 571 g/mol. The second-order valence-electron chi connectivity index (χ2n) is 10.0. The highest BCUT2D eigenvalue weighted by atomic mass is 32.1. The molecule has 0 amide bonds. The van der Waals surface area contributed by atoms with Crippen LogP contribution in [-0.4, -0.2) is 53.2 Å². The molecule has 1 fully saturated rings. The average Bonchev–Trinajstić information content (AvgIpc) is 3.26. The molecule has 1 aliphatic heterocycles. The van der Waals surface area contributed by atoms with Crippen molar-refractivity contribution >= 4 is 35.0 Å². The van der Waals surface area contributed by atoms with Crippen LogP contribution in [0.4, 0.5) is 5.88 Å². The van der Waals surface area contributed by atoms with Crippen molar-refractivity contribution in [2.75, 3.05) is 33.0 Å². The standard InChI is InChI=1S/C31H27N3O6S/c1-32-19-27(36)33(31(32)41)23-12-10-22(11-13-23)30(37)39-20-34(14-16-38-17-15-34)28-18-26(35)25-9-5-8-24(29(25)40-28)21-6-3-2-4-7-21/h2-13,18-19H,14-17,20H2,1H3/p+1. The Balaban J connectivity index is 1.31. The zero-order valence-electron chi connectivity index (χ0n) is 22.4. The third-order valence-electron chi connectivity index (χ3n) is 7.46. The topological polar surface area (TPSA) is 95.8 Å². The fraction of sp³-hybridized carbons (Fsp3) is 0.194. The van der Waals surface area contributed by atoms with Gasteiger partial charge in [-0.25, -0.2) is 9.28 Å². The molecule has 41 heavy (non-hydrogen) atoms. The summed E-state index contributed by atoms with van der Waals surface area (Å²) >= 11 is 5.36. The zero-order chi connectivity index (χ0) is 28.6. The maximum atomic E-state index is 13.3. The molecular formula is C31H28N3O6S+. The van der Waals surface area contributed by atoms with Gasteiger partial charge in [0.1, 0.15) is 13.1 Å². The molecule has 5 aromatic rings. The molecule has 9 nitrogen and oxygen atoms in total. The van der Waals surface area contributed by atoms with Crippen molar-refractivity contribution < 1.29 is 23.8 Å². The largest absolute Gasteiger partial charge is 0.493 e. The van der Waals surface area contributed by atoms with Gasteiger partial charge < -0.3 is 23.6 Å². The first-order valence-electron chi connectivity index (χ1n) is 13.2. The molecular weight excluding hydrogens is 542 g/mol. The summed E-state index contributed by atoms with van der Waals surface area (Å²) < 4.78 is 21.6. The van der Waals surface area contributed by atoms with Crippen LogP contribution in [0.1, 0.15) is 10.4 Å². The molecule has 3 heterocycles. The number of carbonyl (C=O) groups excluding carboxylic acids is 1. The summed E-state index contributed by atoms with van der Waals surface area (Å²) in [4.78, 5) is 26.4. The Morgan fingerprint density at radius 2 is 1.76 bits per heavy atom. The van der Waals surface area contributed by atoms with E-state index in [2.05, 4.69) is 0 Å². The SMILES string of the molecule is Cn1cc(O)n(-c2ccc(C(=O)OC[N+]3(c4cc(=O)c5cccc(-c6ccccc6)c5o4)CCOCC3)cc2)c1=S. The summed E-state index contributed by atoms with van der Waals surface area (Å²) in [7, 11) is 1.74. The lowest BCUT2D eigenvalue weighted by Crippen LogP contribution is -2.58. The van der Waals surface area contributed by atoms with E-state index in [0.29, 0.717) is 59.2 Å². The number of rotatable bonds is 6. The summed E-state index contributed by atoms with van der Waals surface area (Å²) in [6.45, 7) is 1.76. The number of imidazole rings is 1. The van der Waals surface area contributed by atoms with Crippen LogP contribution in [0.3, 0.4) is 0 Å². The van der Waals surface area contributed by atoms with Crippen molar-refractivity contribution in [3.63, 3.8) is 0 Å². The van der Waals surface area contributed by atoms with Gasteiger partial charge in [0.05, 0.1) is 42.1 Å². The van der Waals surface area contributed by atoms with Crippen molar-refractivity contribution in [2.24, 2.45) is 7.05 Å². The summed E-state index contributed by atoms with van der Waals surface area (Å²) in [5.74, 6) is -0.0975. The molecule has 3 aromatic carbocycles. The second-order valence-corrected chi connectivity index (χ2v) is 10.4. The molecule has 2 aromatic heterocycles. The van der Waals surface area contributed by atoms with Gasteiger partial charge in [0.2, 0.25) is 12.6 Å². The van der Waals surface area contributed by atoms with E-state index in [-0.39, 0.29) is 22.5 Å². The lowest BCUT2D eigenvalue weighted by atomic mass is 10.0. The Morgan fingerprint density at radius 1 is 1.02 bits per heavy atom. The third-order valence-corrected chi connectivity index (χ3v) is 7.93. The van der Waals surface area contributed by atoms with E-state index >= 15 is 0 Å². The normalized spacial score (nSPS) is 14.7. The molecule has 208 valence electrons. The first kappa shape index (κ1) is 26.7. The number of esters is 1. The summed E-state index contributed by atoms with van der Waals surface area (Å²) in [6, 6.07) is 23.4. The molecule has 6 rings (SSSR count). The second kappa shape index (κ2) is 10.8. The Hall–Kier alpha value is -4.51. The predicted molar refractivity (Wildman–Crippen MR) is 158 cm³/mol. The van der Waals surface area contributed by atoms with Gasteiger partial charge in [-0.05, 0) is 48.1 Å². The van der Waals surface area contributed by atoms with Gasteiger partial charge in [0.15, 0.2) is 15.8 Å². The van der Waals surface area contributed by atoms with Crippen molar-refractivity contribution in [3.05, 3.63) is 106 Å². The Kier molecular flexibility index (Phi) is 7.04. The molecule has 0 atom stereocenters. The van der Waals surface area contributed by atoms with Crippen molar-refractivity contribution in [3.8, 4) is 22.7 Å². The zero-order valence-corrected chi connectivity index (χ0v) is 23.2. The fourth-order valence-electron chi connectivity index (χ4n) is 5.15. The molecule has 0 aliphatic carbocycles. The number of aromatic nitrogens is 2. The first-order chi connectivity index (χ1) is 19.9. The maximum absolute atomic E-state index is 13.3. The number of ether oxygens (including phenoxy) is 2. The third kappa shape index (κ3) is 4.97. The quantitative estimate of drug-likeness (QED) is 0.171. The van der Waals surface area contributed by atoms with Crippen LogP contribution >= 0.6 is 12.2 Å². The molecule has 0 spiro atoms. The van der Waals surface area contributed by atoms with Crippen molar-refractivity contribution in [1.82, 2.24) is 13.6 Å². The maximum Gasteiger partial charge on any atom is 0.342 e. The number of benzene rings is 3. The van der Waals surface area contributed by atoms with Crippen LogP contribution in [0.15, 0.2) is 94.3 Å². The van der Waals surface area contributed by atoms with Crippen molar-refractivity contribution in [2.45, 2.75) is 0 Å². The van der Waals surface area contributed by atoms with Gasteiger partial charge in [-0.3, -0.25) is 9.36 Å². The number of morpholine rings is 1. The number of hydrogen-bond acceptors (Lipinski definition) is 7. The summed E-state index contributed by atoms with van der Waals surface area (Å²) in [6.07, 6.45) is 1.52. The predicted octanol–water partition coefficient (Wildman–Crippen LogP) is 5.18. The number of fused-ring (bicyclic) bond motifs is 1. The summed E-state index contributed by atoms with van der Waals surface area (Å²) in [5, 5.41) is 10.7. The van der Waals surface area contributed by atoms with Gasteiger partial charge >= 0.3 is 11.9 Å². The van der Waals surface area contributed by atoms with E-state index in [4.69, 9.17) is 26.1 Å². The number of aromatic hydroxyl groups is 1. The van der Waals surface area contributed by atoms with Crippen molar-refractivity contribution in [1.29, 1.82) is 0 Å². The molecule has 1 saturated heterocycles. The number of nitrogens with zero attached hydrogens (tertiary/aromatic N) is 3. The minimum absolute atomic E-state index is 0.00103. The van der Waals surface area contributed by atoms with Gasteiger partial charge in [-0.1, -0.05) is 42.5 Å². The van der Waals surface area contributed by atoms with Gasteiger partial charge in [0.25, 0.3) is 0 Å². The highest BCUT2D eigenvalue weighted by molar-refractivity contribution is 7.71. The fourth-order valence-corrected chi connectivity index (χ4v) is 5.40. The first-order valence-corrected chi connectivity index (χ1v) is 13.6. The molecule has 0 radical (unpaired) electrons. The highest BCUT2D eigenvalue weighted by Gasteiger charge is 2.38. The van der Waals surface area contributed by atoms with E-state index in [1.54, 1.807) is 41.9 Å².